The number of piperidine rings is 1. The van der Waals surface area contributed by atoms with Gasteiger partial charge in [-0.25, -0.2) is 9.97 Å². The van der Waals surface area contributed by atoms with Crippen LogP contribution in [0.1, 0.15) is 43.9 Å². The van der Waals surface area contributed by atoms with E-state index in [9.17, 15) is 4.39 Å². The molecule has 0 bridgehead atoms. The first-order valence-corrected chi connectivity index (χ1v) is 11.2. The lowest BCUT2D eigenvalue weighted by molar-refractivity contribution is 0.202. The van der Waals surface area contributed by atoms with Crippen LogP contribution in [0.4, 0.5) is 4.39 Å². The maximum atomic E-state index is 14.5. The number of aromatic nitrogens is 3. The van der Waals surface area contributed by atoms with Gasteiger partial charge in [0.25, 0.3) is 0 Å². The van der Waals surface area contributed by atoms with Crippen LogP contribution in [0.3, 0.4) is 0 Å². The van der Waals surface area contributed by atoms with Gasteiger partial charge in [0, 0.05) is 42.2 Å². The molecule has 4 rings (SSSR count). The number of ether oxygens (including phenoxy) is 2. The van der Waals surface area contributed by atoms with Gasteiger partial charge in [-0.3, -0.25) is 9.88 Å². The van der Waals surface area contributed by atoms with Crippen molar-refractivity contribution in [1.82, 2.24) is 19.9 Å². The van der Waals surface area contributed by atoms with Gasteiger partial charge < -0.3 is 9.47 Å². The fraction of sp³-hybridized carbons (Fsp3) is 0.400. The molecule has 1 fully saturated rings. The average Bonchev–Trinajstić information content (AvgIpc) is 2.83. The summed E-state index contributed by atoms with van der Waals surface area (Å²) in [5.74, 6) is 0.453. The van der Waals surface area contributed by atoms with Gasteiger partial charge in [-0.2, -0.15) is 4.39 Å². The Morgan fingerprint density at radius 1 is 1.03 bits per heavy atom. The molecule has 0 spiro atoms. The summed E-state index contributed by atoms with van der Waals surface area (Å²) in [4.78, 5) is 15.5. The second-order valence-corrected chi connectivity index (χ2v) is 7.89. The average molecular weight is 437 g/mol. The zero-order valence-electron chi connectivity index (χ0n) is 18.6. The predicted octanol–water partition coefficient (Wildman–Crippen LogP) is 4.85. The molecule has 3 aromatic rings. The second kappa shape index (κ2) is 10.5. The van der Waals surface area contributed by atoms with Gasteiger partial charge in [0.05, 0.1) is 18.9 Å². The van der Waals surface area contributed by atoms with Crippen LogP contribution in [0.25, 0.3) is 11.1 Å². The predicted molar refractivity (Wildman–Crippen MR) is 121 cm³/mol. The van der Waals surface area contributed by atoms with Crippen molar-refractivity contribution in [3.63, 3.8) is 0 Å². The number of rotatable bonds is 8. The summed E-state index contributed by atoms with van der Waals surface area (Å²) in [6, 6.07) is 7.56. The Kier molecular flexibility index (Phi) is 7.27. The number of hydrogen-bond acceptors (Lipinski definition) is 6. The van der Waals surface area contributed by atoms with Gasteiger partial charge in [0.2, 0.25) is 5.82 Å². The van der Waals surface area contributed by atoms with Gasteiger partial charge >= 0.3 is 0 Å². The van der Waals surface area contributed by atoms with E-state index >= 15 is 0 Å². The molecule has 0 atom stereocenters. The van der Waals surface area contributed by atoms with Crippen molar-refractivity contribution in [2.45, 2.75) is 39.2 Å². The molecule has 7 heteroatoms. The van der Waals surface area contributed by atoms with E-state index in [2.05, 4.69) is 19.9 Å². The van der Waals surface area contributed by atoms with E-state index in [1.165, 1.54) is 0 Å². The summed E-state index contributed by atoms with van der Waals surface area (Å²) in [5, 5.41) is 0. The SMILES string of the molecule is CCOc1cc(CN2CCC(c3ncncc3-c3cccnc3)CC2)cc(OCC)c1F. The van der Waals surface area contributed by atoms with Crippen molar-refractivity contribution >= 4 is 0 Å². The summed E-state index contributed by atoms with van der Waals surface area (Å²) >= 11 is 0. The maximum absolute atomic E-state index is 14.5. The number of likely N-dealkylation sites (tertiary alicyclic amines) is 1. The third-order valence-electron chi connectivity index (χ3n) is 5.76. The van der Waals surface area contributed by atoms with Crippen LogP contribution in [0.15, 0.2) is 49.2 Å². The Morgan fingerprint density at radius 3 is 2.38 bits per heavy atom. The van der Waals surface area contributed by atoms with E-state index in [1.54, 1.807) is 24.7 Å². The molecule has 1 aliphatic rings. The molecule has 6 nitrogen and oxygen atoms in total. The Hall–Kier alpha value is -3.06. The molecule has 0 unspecified atom stereocenters. The quantitative estimate of drug-likeness (QED) is 0.503. The van der Waals surface area contributed by atoms with Crippen molar-refractivity contribution in [2.75, 3.05) is 26.3 Å². The molecule has 0 radical (unpaired) electrons. The molecule has 1 aliphatic heterocycles. The molecule has 1 saturated heterocycles. The van der Waals surface area contributed by atoms with Crippen LogP contribution in [-0.4, -0.2) is 46.2 Å². The van der Waals surface area contributed by atoms with Crippen molar-refractivity contribution in [3.05, 3.63) is 66.3 Å². The van der Waals surface area contributed by atoms with Gasteiger partial charge in [-0.1, -0.05) is 6.07 Å². The molecule has 0 aliphatic carbocycles. The molecule has 1 aromatic carbocycles. The topological polar surface area (TPSA) is 60.4 Å². The van der Waals surface area contributed by atoms with Gasteiger partial charge in [-0.05, 0) is 63.5 Å². The van der Waals surface area contributed by atoms with Gasteiger partial charge in [-0.15, -0.1) is 0 Å². The standard InChI is InChI=1S/C25H29FN4O2/c1-3-31-22-12-18(13-23(24(22)26)32-4-2)16-30-10-7-19(8-11-30)25-21(15-28-17-29-25)20-6-5-9-27-14-20/h5-6,9,12-15,17,19H,3-4,7-8,10-11,16H2,1-2H3. The summed E-state index contributed by atoms with van der Waals surface area (Å²) in [6.07, 6.45) is 9.15. The molecule has 0 N–H and O–H groups in total. The van der Waals surface area contributed by atoms with E-state index in [4.69, 9.17) is 9.47 Å². The van der Waals surface area contributed by atoms with E-state index in [-0.39, 0.29) is 11.5 Å². The van der Waals surface area contributed by atoms with E-state index in [0.717, 1.165) is 54.9 Å². The van der Waals surface area contributed by atoms with Crippen LogP contribution < -0.4 is 9.47 Å². The molecule has 168 valence electrons. The zero-order chi connectivity index (χ0) is 22.3. The fourth-order valence-corrected chi connectivity index (χ4v) is 4.27. The van der Waals surface area contributed by atoms with Crippen LogP contribution in [0.2, 0.25) is 0 Å². The highest BCUT2D eigenvalue weighted by Gasteiger charge is 2.25. The maximum Gasteiger partial charge on any atom is 0.206 e. The smallest absolute Gasteiger partial charge is 0.206 e. The number of pyridine rings is 1. The van der Waals surface area contributed by atoms with Crippen LogP contribution in [-0.2, 0) is 6.54 Å². The number of hydrogen-bond donors (Lipinski definition) is 0. The van der Waals surface area contributed by atoms with Crippen molar-refractivity contribution < 1.29 is 13.9 Å². The minimum absolute atomic E-state index is 0.255. The zero-order valence-corrected chi connectivity index (χ0v) is 18.6. The summed E-state index contributed by atoms with van der Waals surface area (Å²) in [7, 11) is 0. The van der Waals surface area contributed by atoms with Crippen molar-refractivity contribution in [3.8, 4) is 22.6 Å². The first-order valence-electron chi connectivity index (χ1n) is 11.2. The van der Waals surface area contributed by atoms with E-state index < -0.39 is 5.82 Å². The van der Waals surface area contributed by atoms with Crippen LogP contribution >= 0.6 is 0 Å². The Bertz CT molecular complexity index is 996. The van der Waals surface area contributed by atoms with Gasteiger partial charge in [0.15, 0.2) is 11.5 Å². The summed E-state index contributed by atoms with van der Waals surface area (Å²) in [5.41, 5.74) is 4.19. The molecular weight excluding hydrogens is 407 g/mol. The molecular formula is C25H29FN4O2. The summed E-state index contributed by atoms with van der Waals surface area (Å²) < 4.78 is 25.5. The van der Waals surface area contributed by atoms with Crippen molar-refractivity contribution in [1.29, 1.82) is 0 Å². The lowest BCUT2D eigenvalue weighted by atomic mass is 9.89. The van der Waals surface area contributed by atoms with Crippen LogP contribution in [0, 0.1) is 5.82 Å². The van der Waals surface area contributed by atoms with Crippen LogP contribution in [0.5, 0.6) is 11.5 Å². The third kappa shape index (κ3) is 5.05. The first-order chi connectivity index (χ1) is 15.7. The number of benzene rings is 1. The minimum atomic E-state index is -0.428. The van der Waals surface area contributed by atoms with E-state index in [1.807, 2.05) is 38.4 Å². The Morgan fingerprint density at radius 2 is 1.75 bits per heavy atom. The van der Waals surface area contributed by atoms with Crippen molar-refractivity contribution in [2.24, 2.45) is 0 Å². The largest absolute Gasteiger partial charge is 0.491 e. The lowest BCUT2D eigenvalue weighted by Crippen LogP contribution is -2.33. The minimum Gasteiger partial charge on any atom is -0.491 e. The highest BCUT2D eigenvalue weighted by Crippen LogP contribution is 2.34. The highest BCUT2D eigenvalue weighted by atomic mass is 19.1. The normalized spacial score (nSPS) is 15.0. The molecule has 32 heavy (non-hydrogen) atoms. The molecule has 0 amide bonds. The monoisotopic (exact) mass is 436 g/mol. The highest BCUT2D eigenvalue weighted by molar-refractivity contribution is 5.64. The molecule has 3 heterocycles. The third-order valence-corrected chi connectivity index (χ3v) is 5.76. The number of nitrogens with zero attached hydrogens (tertiary/aromatic N) is 4. The Labute approximate surface area is 188 Å². The Balaban J connectivity index is 1.45. The first kappa shape index (κ1) is 22.1. The fourth-order valence-electron chi connectivity index (χ4n) is 4.27. The summed E-state index contributed by atoms with van der Waals surface area (Å²) in [6.45, 7) is 7.13. The number of halogens is 1. The van der Waals surface area contributed by atoms with Gasteiger partial charge in [0.1, 0.15) is 6.33 Å². The second-order valence-electron chi connectivity index (χ2n) is 7.89. The lowest BCUT2D eigenvalue weighted by Gasteiger charge is -2.32. The molecule has 0 saturated carbocycles. The van der Waals surface area contributed by atoms with E-state index in [0.29, 0.717) is 19.1 Å². The molecule has 2 aromatic heterocycles.